The normalized spacial score (nSPS) is 13.5. The van der Waals surface area contributed by atoms with Crippen LogP contribution < -0.4 is 5.73 Å². The van der Waals surface area contributed by atoms with Crippen molar-refractivity contribution in [1.82, 2.24) is 0 Å². The van der Waals surface area contributed by atoms with E-state index in [4.69, 9.17) is 33.7 Å². The van der Waals surface area contributed by atoms with E-state index in [0.717, 1.165) is 32.5 Å². The molecule has 2 aromatic carbocycles. The molecule has 0 bridgehead atoms. The third-order valence-electron chi connectivity index (χ3n) is 4.62. The zero-order chi connectivity index (χ0) is 30.6. The number of ether oxygens (including phenoxy) is 4. The van der Waals surface area contributed by atoms with Crippen LogP contribution in [0.5, 0.6) is 0 Å². The van der Waals surface area contributed by atoms with Crippen molar-refractivity contribution in [3.05, 3.63) is 56.8 Å². The van der Waals surface area contributed by atoms with Gasteiger partial charge in [-0.1, -0.05) is 0 Å². The smallest absolute Gasteiger partial charge is 0.460 e. The molecule has 0 aliphatic heterocycles. The summed E-state index contributed by atoms with van der Waals surface area (Å²) in [6.07, 6.45) is -1.21. The Morgan fingerprint density at radius 3 is 1.83 bits per heavy atom. The number of hydrogen-bond acceptors (Lipinski definition) is 10. The van der Waals surface area contributed by atoms with Gasteiger partial charge in [-0.3, -0.25) is 9.05 Å². The van der Waals surface area contributed by atoms with Crippen LogP contribution in [0.1, 0.15) is 11.1 Å². The molecular formula is C23H24I6NO10P. The number of esters is 2. The van der Waals surface area contributed by atoms with Crippen LogP contribution in [0.2, 0.25) is 0 Å². The lowest BCUT2D eigenvalue weighted by molar-refractivity contribution is -0.167. The quantitative estimate of drug-likeness (QED) is 0.0883. The average Bonchev–Trinajstić information content (AvgIpc) is 2.90. The van der Waals surface area contributed by atoms with Gasteiger partial charge >= 0.3 is 19.8 Å². The van der Waals surface area contributed by atoms with Crippen LogP contribution in [-0.2, 0) is 55.4 Å². The van der Waals surface area contributed by atoms with E-state index in [0.29, 0.717) is 0 Å². The Hall–Kier alpha value is 1.75. The summed E-state index contributed by atoms with van der Waals surface area (Å²) in [7, 11) is -4.47. The number of carbonyl (C=O) groups is 2. The summed E-state index contributed by atoms with van der Waals surface area (Å²) in [6, 6.07) is 7.97. The highest BCUT2D eigenvalue weighted by molar-refractivity contribution is 14.1. The minimum Gasteiger partial charge on any atom is -0.460 e. The molecule has 228 valence electrons. The van der Waals surface area contributed by atoms with Gasteiger partial charge in [0.05, 0.1) is 26.4 Å². The number of phosphoric acid groups is 1. The van der Waals surface area contributed by atoms with Gasteiger partial charge in [-0.2, -0.15) is 0 Å². The Labute approximate surface area is 319 Å². The molecule has 2 atom stereocenters. The highest BCUT2D eigenvalue weighted by Crippen LogP contribution is 2.43. The number of hydrogen-bond donors (Lipinski definition) is 2. The zero-order valence-corrected chi connectivity index (χ0v) is 34.8. The molecular weight excluding hydrogens is 1240 g/mol. The average molecular weight is 1270 g/mol. The third kappa shape index (κ3) is 15.3. The summed E-state index contributed by atoms with van der Waals surface area (Å²) in [6.45, 7) is -1.63. The van der Waals surface area contributed by atoms with Gasteiger partial charge in [-0.25, -0.2) is 14.2 Å². The molecule has 2 rings (SSSR count). The first-order valence-electron chi connectivity index (χ1n) is 11.4. The third-order valence-corrected chi connectivity index (χ3v) is 13.2. The second-order valence-electron chi connectivity index (χ2n) is 7.89. The van der Waals surface area contributed by atoms with Gasteiger partial charge in [0.2, 0.25) is 0 Å². The molecule has 2 aromatic rings. The Kier molecular flexibility index (Phi) is 19.1. The molecule has 1 unspecified atom stereocenters. The topological polar surface area (TPSA) is 153 Å². The van der Waals surface area contributed by atoms with E-state index in [1.165, 1.54) is 0 Å². The molecule has 41 heavy (non-hydrogen) atoms. The molecule has 0 heterocycles. The van der Waals surface area contributed by atoms with Crippen LogP contribution >= 0.6 is 143 Å². The summed E-state index contributed by atoms with van der Waals surface area (Å²) < 4.78 is 49.4. The molecule has 0 saturated carbocycles. The summed E-state index contributed by atoms with van der Waals surface area (Å²) in [5.41, 5.74) is 7.13. The summed E-state index contributed by atoms with van der Waals surface area (Å²) >= 11 is 13.3. The second kappa shape index (κ2) is 20.1. The van der Waals surface area contributed by atoms with Crippen LogP contribution in [0, 0.1) is 21.4 Å². The van der Waals surface area contributed by atoms with Crippen molar-refractivity contribution < 1.29 is 47.0 Å². The number of nitrogens with two attached hydrogens (primary N) is 1. The zero-order valence-electron chi connectivity index (χ0n) is 21.0. The molecule has 0 spiro atoms. The summed E-state index contributed by atoms with van der Waals surface area (Å²) in [4.78, 5) is 34.6. The monoisotopic (exact) mass is 1270 g/mol. The van der Waals surface area contributed by atoms with E-state index < -0.39 is 45.7 Å². The van der Waals surface area contributed by atoms with Crippen molar-refractivity contribution in [2.45, 2.75) is 19.3 Å². The maximum Gasteiger partial charge on any atom is 0.472 e. The van der Waals surface area contributed by atoms with Gasteiger partial charge in [0, 0.05) is 28.0 Å². The van der Waals surface area contributed by atoms with Crippen molar-refractivity contribution in [2.75, 3.05) is 39.6 Å². The lowest BCUT2D eigenvalue weighted by Gasteiger charge is -2.20. The van der Waals surface area contributed by atoms with Crippen molar-refractivity contribution in [1.29, 1.82) is 0 Å². The van der Waals surface area contributed by atoms with Crippen LogP contribution in [0.4, 0.5) is 0 Å². The molecule has 0 aliphatic carbocycles. The van der Waals surface area contributed by atoms with Gasteiger partial charge in [0.1, 0.15) is 19.8 Å². The molecule has 0 amide bonds. The van der Waals surface area contributed by atoms with E-state index in [9.17, 15) is 19.0 Å². The van der Waals surface area contributed by atoms with Crippen molar-refractivity contribution in [3.63, 3.8) is 0 Å². The highest BCUT2D eigenvalue weighted by atomic mass is 127. The predicted octanol–water partition coefficient (Wildman–Crippen LogP) is 5.59. The van der Waals surface area contributed by atoms with E-state index in [1.807, 2.05) is 24.3 Å². The van der Waals surface area contributed by atoms with Crippen LogP contribution in [0.15, 0.2) is 24.3 Å². The molecule has 0 radical (unpaired) electrons. The first-order valence-corrected chi connectivity index (χ1v) is 19.4. The Balaban J connectivity index is 1.91. The van der Waals surface area contributed by atoms with Crippen LogP contribution in [-0.4, -0.2) is 62.5 Å². The molecule has 0 fully saturated rings. The second-order valence-corrected chi connectivity index (χ2v) is 16.3. The van der Waals surface area contributed by atoms with Gasteiger partial charge in [0.15, 0.2) is 6.10 Å². The largest absolute Gasteiger partial charge is 0.472 e. The first-order chi connectivity index (χ1) is 19.3. The Bertz CT molecular complexity index is 1250. The summed E-state index contributed by atoms with van der Waals surface area (Å²) in [5.74, 6) is -1.49. The van der Waals surface area contributed by atoms with Crippen molar-refractivity contribution in [2.24, 2.45) is 5.73 Å². The number of carbonyl (C=O) groups excluding carboxylic acids is 2. The van der Waals surface area contributed by atoms with Crippen molar-refractivity contribution >= 4 is 155 Å². The molecule has 3 N–H and O–H groups in total. The Morgan fingerprint density at radius 1 is 0.805 bits per heavy atom. The number of benzene rings is 2. The van der Waals surface area contributed by atoms with Gasteiger partial charge in [-0.05, 0) is 171 Å². The maximum absolute atomic E-state index is 12.5. The minimum atomic E-state index is -4.47. The molecule has 18 heteroatoms. The summed E-state index contributed by atoms with van der Waals surface area (Å²) in [5, 5.41) is 0. The standard InChI is InChI=1S/C23H24I6NO10P/c24-15-3-13(22(28)18(26)5-15)7-35-11-20(31)37-9-17(10-39-41(33,34)38-2-1-30)40-21(32)12-36-8-14-4-16(25)6-19(27)23(14)29/h3-6,17H,1-2,7-12,30H2,(H,33,34)/t17-/m1/s1. The van der Waals surface area contributed by atoms with Gasteiger partial charge in [0.25, 0.3) is 0 Å². The number of rotatable bonds is 17. The fraction of sp³-hybridized carbons (Fsp3) is 0.391. The maximum atomic E-state index is 12.5. The van der Waals surface area contributed by atoms with E-state index in [2.05, 4.69) is 136 Å². The lowest BCUT2D eigenvalue weighted by Crippen LogP contribution is -2.31. The number of halogens is 6. The van der Waals surface area contributed by atoms with Crippen LogP contribution in [0.25, 0.3) is 0 Å². The van der Waals surface area contributed by atoms with Gasteiger partial charge < -0.3 is 29.6 Å². The van der Waals surface area contributed by atoms with E-state index in [-0.39, 0.29) is 33.0 Å². The van der Waals surface area contributed by atoms with Crippen molar-refractivity contribution in [3.8, 4) is 0 Å². The SMILES string of the molecule is NCCOP(=O)(O)OC[C@@H](COC(=O)COCc1cc(I)cc(I)c1I)OC(=O)COCc1cc(I)cc(I)c1I. The molecule has 0 aromatic heterocycles. The molecule has 0 aliphatic rings. The molecule has 11 nitrogen and oxygen atoms in total. The predicted molar refractivity (Wildman–Crippen MR) is 200 cm³/mol. The Morgan fingerprint density at radius 2 is 1.32 bits per heavy atom. The molecule has 0 saturated heterocycles. The van der Waals surface area contributed by atoms with Gasteiger partial charge in [-0.15, -0.1) is 0 Å². The number of phosphoric ester groups is 1. The lowest BCUT2D eigenvalue weighted by atomic mass is 10.2. The van der Waals surface area contributed by atoms with E-state index >= 15 is 0 Å². The fourth-order valence-electron chi connectivity index (χ4n) is 2.86. The van der Waals surface area contributed by atoms with Crippen LogP contribution in [0.3, 0.4) is 0 Å². The first kappa shape index (κ1) is 38.9. The van der Waals surface area contributed by atoms with E-state index in [1.54, 1.807) is 0 Å². The highest BCUT2D eigenvalue weighted by Gasteiger charge is 2.26. The minimum absolute atomic E-state index is 0.0000644. The fourth-order valence-corrected chi connectivity index (χ4v) is 8.49.